The molecule has 64 valence electrons. The molecule has 0 rings (SSSR count). The number of hydrogen-bond acceptors (Lipinski definition) is 4. The topological polar surface area (TPSA) is 76.1 Å². The second kappa shape index (κ2) is 15.9. The first-order valence-electron chi connectivity index (χ1n) is 3.52. The summed E-state index contributed by atoms with van der Waals surface area (Å²) in [6.07, 6.45) is 0. The molecule has 4 nitrogen and oxygen atoms in total. The van der Waals surface area contributed by atoms with Gasteiger partial charge in [0.05, 0.1) is 0 Å². The van der Waals surface area contributed by atoms with Crippen molar-refractivity contribution in [3.05, 3.63) is 0 Å². The average Bonchev–Trinajstić information content (AvgIpc) is 2.01. The molecule has 0 saturated heterocycles. The molecule has 4 heteroatoms. The summed E-state index contributed by atoms with van der Waals surface area (Å²) < 4.78 is 0. The summed E-state index contributed by atoms with van der Waals surface area (Å²) in [4.78, 5) is 0. The Morgan fingerprint density at radius 1 is 0.900 bits per heavy atom. The maximum absolute atomic E-state index is 4.90. The van der Waals surface area contributed by atoms with Crippen LogP contribution in [0.3, 0.4) is 0 Å². The van der Waals surface area contributed by atoms with Crippen LogP contribution in [0.2, 0.25) is 0 Å². The smallest absolute Gasteiger partial charge is 0.00736 e. The Morgan fingerprint density at radius 2 is 1.20 bits per heavy atom. The van der Waals surface area contributed by atoms with E-state index in [0.29, 0.717) is 13.1 Å². The molecule has 0 aliphatic heterocycles. The molecule has 0 saturated carbocycles. The first-order chi connectivity index (χ1) is 4.83. The molecule has 0 aliphatic rings. The summed E-state index contributed by atoms with van der Waals surface area (Å²) in [7, 11) is 3.88. The Labute approximate surface area is 63.3 Å². The fourth-order valence-electron chi connectivity index (χ4n) is 0.250. The van der Waals surface area contributed by atoms with Gasteiger partial charge in [-0.1, -0.05) is 0 Å². The molecule has 0 spiro atoms. The predicted octanol–water partition coefficient (Wildman–Crippen LogP) is -1.67. The maximum Gasteiger partial charge on any atom is 0.00736 e. The molecule has 10 heavy (non-hydrogen) atoms. The molecule has 6 N–H and O–H groups in total. The number of rotatable bonds is 4. The monoisotopic (exact) mass is 148 g/mol. The quantitative estimate of drug-likeness (QED) is 0.360. The van der Waals surface area contributed by atoms with Gasteiger partial charge in [0.2, 0.25) is 0 Å². The fraction of sp³-hybridized carbons (Fsp3) is 1.00. The largest absolute Gasteiger partial charge is 0.329 e. The molecule has 0 aromatic carbocycles. The standard InChI is InChI=1S/C4H12N2.C2H8N2/c1-5-3-4-6-2;3-1-2-4/h5-6H,3-4H2,1-2H3;1-4H2. The van der Waals surface area contributed by atoms with Gasteiger partial charge >= 0.3 is 0 Å². The van der Waals surface area contributed by atoms with Crippen LogP contribution in [-0.2, 0) is 0 Å². The van der Waals surface area contributed by atoms with E-state index in [1.807, 2.05) is 14.1 Å². The molecule has 0 atom stereocenters. The minimum Gasteiger partial charge on any atom is -0.329 e. The maximum atomic E-state index is 4.90. The highest BCUT2D eigenvalue weighted by atomic mass is 14.9. The van der Waals surface area contributed by atoms with E-state index in [-0.39, 0.29) is 0 Å². The molecule has 0 heterocycles. The summed E-state index contributed by atoms with van der Waals surface area (Å²) in [6, 6.07) is 0. The van der Waals surface area contributed by atoms with Gasteiger partial charge in [0.15, 0.2) is 0 Å². The van der Waals surface area contributed by atoms with Crippen molar-refractivity contribution in [3.63, 3.8) is 0 Å². The summed E-state index contributed by atoms with van der Waals surface area (Å²) in [5.41, 5.74) is 9.81. The van der Waals surface area contributed by atoms with E-state index < -0.39 is 0 Å². The van der Waals surface area contributed by atoms with Gasteiger partial charge in [-0.05, 0) is 14.1 Å². The molecule has 0 fully saturated rings. The van der Waals surface area contributed by atoms with Crippen molar-refractivity contribution in [2.24, 2.45) is 11.5 Å². The van der Waals surface area contributed by atoms with Crippen molar-refractivity contribution in [1.29, 1.82) is 0 Å². The van der Waals surface area contributed by atoms with Gasteiger partial charge in [-0.15, -0.1) is 0 Å². The summed E-state index contributed by atoms with van der Waals surface area (Å²) in [6.45, 7) is 3.30. The lowest BCUT2D eigenvalue weighted by atomic mass is 10.6. The van der Waals surface area contributed by atoms with Gasteiger partial charge < -0.3 is 22.1 Å². The van der Waals surface area contributed by atoms with Crippen LogP contribution in [0.4, 0.5) is 0 Å². The van der Waals surface area contributed by atoms with Gasteiger partial charge in [-0.25, -0.2) is 0 Å². The highest BCUT2D eigenvalue weighted by molar-refractivity contribution is 4.38. The van der Waals surface area contributed by atoms with Gasteiger partial charge in [-0.3, -0.25) is 0 Å². The normalized spacial score (nSPS) is 8.40. The molecule has 0 aromatic heterocycles. The first-order valence-corrected chi connectivity index (χ1v) is 3.52. The number of likely N-dealkylation sites (N-methyl/N-ethyl adjacent to an activating group) is 2. The third kappa shape index (κ3) is 24.9. The minimum atomic E-state index is 0.597. The van der Waals surface area contributed by atoms with Gasteiger partial charge in [-0.2, -0.15) is 0 Å². The number of nitrogens with one attached hydrogen (secondary N) is 2. The summed E-state index contributed by atoms with van der Waals surface area (Å²) >= 11 is 0. The Bertz CT molecular complexity index is 34.7. The molecule has 0 radical (unpaired) electrons. The van der Waals surface area contributed by atoms with E-state index in [1.54, 1.807) is 0 Å². The van der Waals surface area contributed by atoms with Crippen LogP contribution < -0.4 is 22.1 Å². The zero-order chi connectivity index (χ0) is 8.24. The second-order valence-corrected chi connectivity index (χ2v) is 1.78. The second-order valence-electron chi connectivity index (χ2n) is 1.78. The third-order valence-corrected chi connectivity index (χ3v) is 0.792. The van der Waals surface area contributed by atoms with Crippen LogP contribution in [0.5, 0.6) is 0 Å². The predicted molar refractivity (Wildman–Crippen MR) is 46.0 cm³/mol. The SMILES string of the molecule is CNCCNC.NCCN. The first kappa shape index (κ1) is 12.5. The van der Waals surface area contributed by atoms with Crippen molar-refractivity contribution in [3.8, 4) is 0 Å². The Morgan fingerprint density at radius 3 is 1.30 bits per heavy atom. The molecule has 0 bridgehead atoms. The zero-order valence-corrected chi connectivity index (χ0v) is 6.98. The molecular formula is C6H20N4. The minimum absolute atomic E-state index is 0.597. The van der Waals surface area contributed by atoms with E-state index in [1.165, 1.54) is 0 Å². The molecule has 0 amide bonds. The molecule has 0 aliphatic carbocycles. The van der Waals surface area contributed by atoms with E-state index in [9.17, 15) is 0 Å². The lowest BCUT2D eigenvalue weighted by molar-refractivity contribution is 0.718. The highest BCUT2D eigenvalue weighted by Gasteiger charge is 1.70. The van der Waals surface area contributed by atoms with Crippen LogP contribution in [0.1, 0.15) is 0 Å². The van der Waals surface area contributed by atoms with Gasteiger partial charge in [0, 0.05) is 26.2 Å². The van der Waals surface area contributed by atoms with Crippen molar-refractivity contribution < 1.29 is 0 Å². The van der Waals surface area contributed by atoms with Crippen LogP contribution in [0.25, 0.3) is 0 Å². The average molecular weight is 148 g/mol. The Balaban J connectivity index is 0. The summed E-state index contributed by atoms with van der Waals surface area (Å²) in [5.74, 6) is 0. The van der Waals surface area contributed by atoms with Gasteiger partial charge in [0.25, 0.3) is 0 Å². The number of hydrogen-bond donors (Lipinski definition) is 4. The molecule has 0 aromatic rings. The van der Waals surface area contributed by atoms with Crippen molar-refractivity contribution in [2.45, 2.75) is 0 Å². The number of nitrogens with two attached hydrogens (primary N) is 2. The lowest BCUT2D eigenvalue weighted by Gasteiger charge is -1.92. The van der Waals surface area contributed by atoms with Crippen LogP contribution >= 0.6 is 0 Å². The van der Waals surface area contributed by atoms with E-state index >= 15 is 0 Å². The van der Waals surface area contributed by atoms with Crippen molar-refractivity contribution >= 4 is 0 Å². The Kier molecular flexibility index (Phi) is 19.9. The third-order valence-electron chi connectivity index (χ3n) is 0.792. The van der Waals surface area contributed by atoms with Gasteiger partial charge in [0.1, 0.15) is 0 Å². The van der Waals surface area contributed by atoms with E-state index in [4.69, 9.17) is 11.5 Å². The van der Waals surface area contributed by atoms with Crippen LogP contribution in [0, 0.1) is 0 Å². The van der Waals surface area contributed by atoms with Crippen molar-refractivity contribution in [2.75, 3.05) is 40.3 Å². The Hall–Kier alpha value is -0.160. The van der Waals surface area contributed by atoms with Crippen LogP contribution in [-0.4, -0.2) is 40.3 Å². The van der Waals surface area contributed by atoms with Crippen LogP contribution in [0.15, 0.2) is 0 Å². The summed E-state index contributed by atoms with van der Waals surface area (Å²) in [5, 5.41) is 6.01. The highest BCUT2D eigenvalue weighted by Crippen LogP contribution is 1.45. The fourth-order valence-corrected chi connectivity index (χ4v) is 0.250. The van der Waals surface area contributed by atoms with E-state index in [2.05, 4.69) is 10.6 Å². The lowest BCUT2D eigenvalue weighted by Crippen LogP contribution is -2.21. The zero-order valence-electron chi connectivity index (χ0n) is 6.98. The molecular weight excluding hydrogens is 128 g/mol. The van der Waals surface area contributed by atoms with E-state index in [0.717, 1.165) is 13.1 Å². The van der Waals surface area contributed by atoms with Crippen molar-refractivity contribution in [1.82, 2.24) is 10.6 Å². The molecule has 0 unspecified atom stereocenters.